The second-order valence-electron chi connectivity index (χ2n) is 10.1. The molecule has 6 heteroatoms. The van der Waals surface area contributed by atoms with Crippen LogP contribution in [0.4, 0.5) is 5.69 Å². The van der Waals surface area contributed by atoms with Crippen molar-refractivity contribution in [2.75, 3.05) is 31.1 Å². The minimum absolute atomic E-state index is 0.0462. The predicted octanol–water partition coefficient (Wildman–Crippen LogP) is 5.03. The monoisotopic (exact) mass is 476 g/mol. The van der Waals surface area contributed by atoms with Crippen LogP contribution in [0, 0.1) is 5.92 Å². The maximum atomic E-state index is 13.4. The zero-order chi connectivity index (χ0) is 24.5. The molecule has 0 radical (unpaired) electrons. The summed E-state index contributed by atoms with van der Waals surface area (Å²) in [7, 11) is 0. The molecule has 2 heterocycles. The summed E-state index contributed by atoms with van der Waals surface area (Å²) in [4.78, 5) is 36.9. The summed E-state index contributed by atoms with van der Waals surface area (Å²) in [5, 5.41) is 0. The zero-order valence-corrected chi connectivity index (χ0v) is 21.2. The van der Waals surface area contributed by atoms with Gasteiger partial charge in [-0.2, -0.15) is 0 Å². The molecule has 0 N–H and O–H groups in total. The molecule has 35 heavy (non-hydrogen) atoms. The third-order valence-corrected chi connectivity index (χ3v) is 7.49. The number of carbonyl (C=O) groups is 2. The number of anilines is 1. The molecular formula is C29H40N4O2. The number of aromatic nitrogens is 1. The first-order chi connectivity index (χ1) is 17.1. The number of fused-ring (bicyclic) bond motifs is 1. The van der Waals surface area contributed by atoms with Crippen molar-refractivity contribution in [3.05, 3.63) is 59.9 Å². The SMILES string of the molecule is CC(=O)N1CCCN(Cc2ccccn2)CCCN(C(=O)CCC2CCCC2)Cc2ccccc21. The summed E-state index contributed by atoms with van der Waals surface area (Å²) < 4.78 is 0. The van der Waals surface area contributed by atoms with Crippen LogP contribution in [-0.4, -0.2) is 52.8 Å². The third-order valence-electron chi connectivity index (χ3n) is 7.49. The largest absolute Gasteiger partial charge is 0.338 e. The third kappa shape index (κ3) is 7.38. The molecule has 2 amide bonds. The van der Waals surface area contributed by atoms with Gasteiger partial charge in [0.1, 0.15) is 0 Å². The second-order valence-corrected chi connectivity index (χ2v) is 10.1. The second kappa shape index (κ2) is 12.8. The number of hydrogen-bond donors (Lipinski definition) is 0. The maximum Gasteiger partial charge on any atom is 0.223 e. The topological polar surface area (TPSA) is 56.8 Å². The van der Waals surface area contributed by atoms with Crippen molar-refractivity contribution in [1.29, 1.82) is 0 Å². The van der Waals surface area contributed by atoms with Crippen LogP contribution in [0.5, 0.6) is 0 Å². The van der Waals surface area contributed by atoms with Gasteiger partial charge in [0.05, 0.1) is 5.69 Å². The fourth-order valence-corrected chi connectivity index (χ4v) is 5.57. The van der Waals surface area contributed by atoms with E-state index in [2.05, 4.69) is 22.0 Å². The molecule has 0 spiro atoms. The van der Waals surface area contributed by atoms with Crippen molar-refractivity contribution in [1.82, 2.24) is 14.8 Å². The lowest BCUT2D eigenvalue weighted by atomic mass is 10.0. The average Bonchev–Trinajstić information content (AvgIpc) is 3.38. The van der Waals surface area contributed by atoms with Gasteiger partial charge >= 0.3 is 0 Å². The summed E-state index contributed by atoms with van der Waals surface area (Å²) >= 11 is 0. The lowest BCUT2D eigenvalue weighted by molar-refractivity contribution is -0.132. The Hall–Kier alpha value is -2.73. The first-order valence-electron chi connectivity index (χ1n) is 13.4. The number of carbonyl (C=O) groups excluding carboxylic acids is 2. The number of para-hydroxylation sites is 1. The average molecular weight is 477 g/mol. The van der Waals surface area contributed by atoms with Crippen LogP contribution in [0.2, 0.25) is 0 Å². The van der Waals surface area contributed by atoms with E-state index in [9.17, 15) is 9.59 Å². The molecule has 1 saturated carbocycles. The minimum Gasteiger partial charge on any atom is -0.338 e. The van der Waals surface area contributed by atoms with Gasteiger partial charge in [0, 0.05) is 64.5 Å². The molecule has 2 aliphatic rings. The summed E-state index contributed by atoms with van der Waals surface area (Å²) in [6.07, 6.45) is 10.4. The number of nitrogens with zero attached hydrogens (tertiary/aromatic N) is 4. The van der Waals surface area contributed by atoms with Crippen molar-refractivity contribution in [3.63, 3.8) is 0 Å². The van der Waals surface area contributed by atoms with Crippen molar-refractivity contribution in [2.24, 2.45) is 5.92 Å². The van der Waals surface area contributed by atoms with E-state index in [1.165, 1.54) is 25.7 Å². The van der Waals surface area contributed by atoms with Gasteiger partial charge in [-0.3, -0.25) is 19.5 Å². The molecule has 1 aromatic heterocycles. The van der Waals surface area contributed by atoms with Crippen molar-refractivity contribution < 1.29 is 9.59 Å². The van der Waals surface area contributed by atoms with E-state index in [1.807, 2.05) is 46.3 Å². The lowest BCUT2D eigenvalue weighted by Gasteiger charge is -2.31. The number of hydrogen-bond acceptors (Lipinski definition) is 4. The van der Waals surface area contributed by atoms with Crippen LogP contribution in [0.1, 0.15) is 69.5 Å². The summed E-state index contributed by atoms with van der Waals surface area (Å²) in [5.41, 5.74) is 3.05. The number of benzene rings is 1. The predicted molar refractivity (Wildman–Crippen MR) is 140 cm³/mol. The van der Waals surface area contributed by atoms with E-state index >= 15 is 0 Å². The molecule has 188 valence electrons. The highest BCUT2D eigenvalue weighted by atomic mass is 16.2. The molecule has 0 bridgehead atoms. The van der Waals surface area contributed by atoms with E-state index in [0.29, 0.717) is 25.4 Å². The van der Waals surface area contributed by atoms with E-state index in [-0.39, 0.29) is 11.8 Å². The summed E-state index contributed by atoms with van der Waals surface area (Å²) in [6, 6.07) is 14.1. The highest BCUT2D eigenvalue weighted by Crippen LogP contribution is 2.29. The van der Waals surface area contributed by atoms with Crippen molar-refractivity contribution >= 4 is 17.5 Å². The number of rotatable bonds is 5. The molecule has 6 nitrogen and oxygen atoms in total. The Balaban J connectivity index is 1.52. The Labute approximate surface area is 210 Å². The molecule has 1 aliphatic carbocycles. The van der Waals surface area contributed by atoms with Crippen molar-refractivity contribution in [2.45, 2.75) is 71.4 Å². The fraction of sp³-hybridized carbons (Fsp3) is 0.552. The molecular weight excluding hydrogens is 436 g/mol. The quantitative estimate of drug-likeness (QED) is 0.607. The van der Waals surface area contributed by atoms with E-state index in [4.69, 9.17) is 0 Å². The summed E-state index contributed by atoms with van der Waals surface area (Å²) in [5.74, 6) is 1.00. The first-order valence-corrected chi connectivity index (χ1v) is 13.4. The van der Waals surface area contributed by atoms with Crippen LogP contribution >= 0.6 is 0 Å². The number of amides is 2. The molecule has 1 aliphatic heterocycles. The smallest absolute Gasteiger partial charge is 0.223 e. The van der Waals surface area contributed by atoms with Crippen LogP contribution in [0.15, 0.2) is 48.7 Å². The molecule has 0 saturated heterocycles. The van der Waals surface area contributed by atoms with Gasteiger partial charge in [0.15, 0.2) is 0 Å². The van der Waals surface area contributed by atoms with Crippen molar-refractivity contribution in [3.8, 4) is 0 Å². The van der Waals surface area contributed by atoms with Crippen LogP contribution in [0.25, 0.3) is 0 Å². The van der Waals surface area contributed by atoms with Gasteiger partial charge in [0.25, 0.3) is 0 Å². The molecule has 1 aromatic carbocycles. The van der Waals surface area contributed by atoms with Gasteiger partial charge in [-0.15, -0.1) is 0 Å². The molecule has 2 aromatic rings. The van der Waals surface area contributed by atoms with E-state index < -0.39 is 0 Å². The molecule has 0 unspecified atom stereocenters. The first kappa shape index (κ1) is 25.4. The van der Waals surface area contributed by atoms with Gasteiger partial charge in [-0.25, -0.2) is 0 Å². The standard InChI is InChI=1S/C29H40N4O2/c1-24(34)33-21-9-19-31(23-27-13-6-7-17-30-27)18-8-20-32(22-26-12-4-5-14-28(26)33)29(35)16-15-25-10-2-3-11-25/h4-7,12-14,17,25H,2-3,8-11,15-16,18-23H2,1H3. The Bertz CT molecular complexity index is 958. The minimum atomic E-state index is 0.0462. The van der Waals surface area contributed by atoms with Crippen LogP contribution < -0.4 is 4.90 Å². The highest BCUT2D eigenvalue weighted by Gasteiger charge is 2.23. The van der Waals surface area contributed by atoms with Crippen LogP contribution in [0.3, 0.4) is 0 Å². The Morgan fingerprint density at radius 3 is 2.40 bits per heavy atom. The molecule has 0 atom stereocenters. The van der Waals surface area contributed by atoms with Gasteiger partial charge in [-0.1, -0.05) is 49.9 Å². The molecule has 4 rings (SSSR count). The van der Waals surface area contributed by atoms with E-state index in [0.717, 1.165) is 62.4 Å². The Morgan fingerprint density at radius 1 is 0.914 bits per heavy atom. The molecule has 1 fully saturated rings. The van der Waals surface area contributed by atoms with Gasteiger partial charge in [0.2, 0.25) is 11.8 Å². The Morgan fingerprint density at radius 2 is 1.66 bits per heavy atom. The highest BCUT2D eigenvalue weighted by molar-refractivity contribution is 5.92. The van der Waals surface area contributed by atoms with E-state index in [1.54, 1.807) is 6.92 Å². The zero-order valence-electron chi connectivity index (χ0n) is 21.2. The van der Waals surface area contributed by atoms with Gasteiger partial charge < -0.3 is 9.80 Å². The number of pyridine rings is 1. The fourth-order valence-electron chi connectivity index (χ4n) is 5.57. The van der Waals surface area contributed by atoms with Gasteiger partial charge in [-0.05, 0) is 48.9 Å². The van der Waals surface area contributed by atoms with Crippen LogP contribution in [-0.2, 0) is 22.7 Å². The Kier molecular flexibility index (Phi) is 9.29. The maximum absolute atomic E-state index is 13.4. The normalized spacial score (nSPS) is 18.5. The lowest BCUT2D eigenvalue weighted by Crippen LogP contribution is -2.38. The summed E-state index contributed by atoms with van der Waals surface area (Å²) in [6.45, 7) is 6.18.